The van der Waals surface area contributed by atoms with E-state index in [0.29, 0.717) is 61.2 Å². The van der Waals surface area contributed by atoms with Crippen molar-refractivity contribution in [1.29, 1.82) is 5.26 Å². The molecule has 13 nitrogen and oxygen atoms in total. The lowest BCUT2D eigenvalue weighted by molar-refractivity contribution is -0.136. The molecule has 3 atom stereocenters. The lowest BCUT2D eigenvalue weighted by atomic mass is 9.95. The summed E-state index contributed by atoms with van der Waals surface area (Å²) in [5.74, 6) is -1.74. The first kappa shape index (κ1) is 40.3. The number of halogens is 3. The average Bonchev–Trinajstić information content (AvgIpc) is 3.55. The molecule has 5 aliphatic rings. The molecule has 4 saturated heterocycles. The number of hydrogen-bond donors (Lipinski definition) is 2. The highest BCUT2D eigenvalue weighted by Gasteiger charge is 2.39. The second kappa shape index (κ2) is 16.7. The smallest absolute Gasteiger partial charge is 0.322 e. The van der Waals surface area contributed by atoms with Crippen molar-refractivity contribution in [3.8, 4) is 6.07 Å². The number of piperidine rings is 2. The van der Waals surface area contributed by atoms with Gasteiger partial charge in [0.1, 0.15) is 23.7 Å². The van der Waals surface area contributed by atoms with E-state index < -0.39 is 29.6 Å². The van der Waals surface area contributed by atoms with E-state index in [4.69, 9.17) is 11.6 Å². The van der Waals surface area contributed by atoms with Crippen LogP contribution >= 0.6 is 11.6 Å². The van der Waals surface area contributed by atoms with E-state index in [-0.39, 0.29) is 41.7 Å². The van der Waals surface area contributed by atoms with Crippen LogP contribution in [-0.2, 0) is 16.1 Å². The summed E-state index contributed by atoms with van der Waals surface area (Å²) in [5, 5.41) is 14.5. The summed E-state index contributed by atoms with van der Waals surface area (Å²) >= 11 is 6.27. The van der Waals surface area contributed by atoms with Gasteiger partial charge in [-0.1, -0.05) is 11.6 Å². The molecule has 59 heavy (non-hydrogen) atoms. The minimum absolute atomic E-state index is 0.0927. The number of amides is 5. The third-order valence-corrected chi connectivity index (χ3v) is 13.0. The van der Waals surface area contributed by atoms with Crippen LogP contribution in [0, 0.1) is 28.9 Å². The molecule has 2 N–H and O–H groups in total. The lowest BCUT2D eigenvalue weighted by Gasteiger charge is -2.45. The zero-order valence-electron chi connectivity index (χ0n) is 33.2. The van der Waals surface area contributed by atoms with E-state index in [1.165, 1.54) is 6.07 Å². The van der Waals surface area contributed by atoms with Crippen LogP contribution in [0.1, 0.15) is 61.0 Å². The van der Waals surface area contributed by atoms with E-state index in [2.05, 4.69) is 31.4 Å². The Hall–Kier alpha value is -5.46. The number of nitrogens with one attached hydrogen (secondary N) is 2. The maximum atomic E-state index is 15.6. The number of piperazine rings is 2. The highest BCUT2D eigenvalue weighted by Crippen LogP contribution is 2.34. The number of nitriles is 1. The summed E-state index contributed by atoms with van der Waals surface area (Å²) in [4.78, 5) is 62.5. The predicted molar refractivity (Wildman–Crippen MR) is 221 cm³/mol. The second-order valence-corrected chi connectivity index (χ2v) is 16.9. The van der Waals surface area contributed by atoms with Gasteiger partial charge in [0.25, 0.3) is 5.91 Å². The highest BCUT2D eigenvalue weighted by atomic mass is 35.5. The lowest BCUT2D eigenvalue weighted by Crippen LogP contribution is -2.59. The first-order chi connectivity index (χ1) is 28.4. The summed E-state index contributed by atoms with van der Waals surface area (Å²) in [6, 6.07) is 14.0. The Labute approximate surface area is 347 Å². The Morgan fingerprint density at radius 1 is 0.864 bits per heavy atom. The summed E-state index contributed by atoms with van der Waals surface area (Å²) in [6.07, 6.45) is 2.25. The van der Waals surface area contributed by atoms with Crippen molar-refractivity contribution < 1.29 is 28.0 Å². The van der Waals surface area contributed by atoms with Gasteiger partial charge in [0.15, 0.2) is 0 Å². The molecule has 5 amide bonds. The predicted octanol–water partition coefficient (Wildman–Crippen LogP) is 5.42. The molecule has 3 aromatic rings. The standard InChI is InChI=1S/C43H48ClF2N9O4/c1-26-23-54(27(2)22-53(26)32-4-3-29(21-47)34(44)18-32)43(59)48-37-19-36(46)39(20-35(37)45)52-11-9-28(10-12-52)24-50-13-15-51(16-14-50)31-5-6-33-30(17-31)25-55(42(33)58)38-7-8-40(56)49-41(38)57/h3-6,17-20,26-28,38H,7-16,22-25H2,1-2H3,(H,48,59)(H,49,56,57)/t26-,27+,38?/m0/s1. The van der Waals surface area contributed by atoms with Crippen LogP contribution in [0.4, 0.5) is 36.3 Å². The Kier molecular flexibility index (Phi) is 11.4. The largest absolute Gasteiger partial charge is 0.369 e. The van der Waals surface area contributed by atoms with E-state index in [9.17, 15) is 24.4 Å². The molecule has 0 radical (unpaired) electrons. The van der Waals surface area contributed by atoms with Crippen molar-refractivity contribution in [2.24, 2.45) is 5.92 Å². The van der Waals surface area contributed by atoms with Crippen LogP contribution in [0.25, 0.3) is 0 Å². The number of carbonyl (C=O) groups is 4. The average molecular weight is 828 g/mol. The second-order valence-electron chi connectivity index (χ2n) is 16.5. The molecule has 0 aliphatic carbocycles. The van der Waals surface area contributed by atoms with Gasteiger partial charge in [-0.15, -0.1) is 0 Å². The summed E-state index contributed by atoms with van der Waals surface area (Å²) in [5.41, 5.74) is 3.77. The Balaban J connectivity index is 0.799. The van der Waals surface area contributed by atoms with Crippen molar-refractivity contribution in [2.75, 3.05) is 78.9 Å². The Bertz CT molecular complexity index is 2200. The molecule has 1 unspecified atom stereocenters. The quantitative estimate of drug-likeness (QED) is 0.300. The van der Waals surface area contributed by atoms with Crippen LogP contribution in [0.5, 0.6) is 0 Å². The number of benzene rings is 3. The minimum atomic E-state index is -0.692. The van der Waals surface area contributed by atoms with Crippen molar-refractivity contribution in [3.63, 3.8) is 0 Å². The number of rotatable bonds is 7. The van der Waals surface area contributed by atoms with Crippen molar-refractivity contribution in [2.45, 2.75) is 64.2 Å². The van der Waals surface area contributed by atoms with Gasteiger partial charge >= 0.3 is 6.03 Å². The fraction of sp³-hybridized carbons (Fsp3) is 0.465. The van der Waals surface area contributed by atoms with E-state index in [0.717, 1.165) is 68.6 Å². The monoisotopic (exact) mass is 827 g/mol. The number of urea groups is 1. The van der Waals surface area contributed by atoms with Gasteiger partial charge < -0.3 is 29.8 Å². The van der Waals surface area contributed by atoms with Gasteiger partial charge in [0, 0.05) is 113 Å². The molecule has 0 bridgehead atoms. The molecule has 0 aromatic heterocycles. The topological polar surface area (TPSA) is 136 Å². The van der Waals surface area contributed by atoms with Crippen molar-refractivity contribution in [1.82, 2.24) is 20.0 Å². The maximum Gasteiger partial charge on any atom is 0.322 e. The Morgan fingerprint density at radius 2 is 1.61 bits per heavy atom. The first-order valence-corrected chi connectivity index (χ1v) is 20.8. The van der Waals surface area contributed by atoms with Gasteiger partial charge in [-0.2, -0.15) is 5.26 Å². The molecule has 5 aliphatic heterocycles. The Morgan fingerprint density at radius 3 is 2.32 bits per heavy atom. The summed E-state index contributed by atoms with van der Waals surface area (Å²) in [6.45, 7) is 10.6. The van der Waals surface area contributed by atoms with Crippen LogP contribution in [-0.4, -0.2) is 115 Å². The van der Waals surface area contributed by atoms with Crippen LogP contribution in [0.2, 0.25) is 5.02 Å². The van der Waals surface area contributed by atoms with Gasteiger partial charge in [-0.3, -0.25) is 24.6 Å². The summed E-state index contributed by atoms with van der Waals surface area (Å²) < 4.78 is 31.1. The minimum Gasteiger partial charge on any atom is -0.369 e. The van der Waals surface area contributed by atoms with Gasteiger partial charge in [-0.25, -0.2) is 13.6 Å². The van der Waals surface area contributed by atoms with E-state index >= 15 is 8.78 Å². The van der Waals surface area contributed by atoms with Gasteiger partial charge in [0.05, 0.1) is 22.0 Å². The molecule has 0 saturated carbocycles. The van der Waals surface area contributed by atoms with E-state index in [1.807, 2.05) is 43.0 Å². The van der Waals surface area contributed by atoms with Crippen molar-refractivity contribution >= 4 is 58.1 Å². The van der Waals surface area contributed by atoms with Gasteiger partial charge in [0.2, 0.25) is 11.8 Å². The zero-order valence-corrected chi connectivity index (χ0v) is 34.0. The van der Waals surface area contributed by atoms with Gasteiger partial charge in [-0.05, 0) is 81.0 Å². The number of nitrogens with zero attached hydrogens (tertiary/aromatic N) is 7. The molecule has 8 rings (SSSR count). The molecule has 310 valence electrons. The number of imide groups is 1. The molecular formula is C43H48ClF2N9O4. The maximum absolute atomic E-state index is 15.6. The first-order valence-electron chi connectivity index (χ1n) is 20.4. The molecule has 0 spiro atoms. The molecule has 3 aromatic carbocycles. The number of anilines is 4. The third-order valence-electron chi connectivity index (χ3n) is 12.6. The molecule has 16 heteroatoms. The zero-order chi connectivity index (χ0) is 41.5. The third kappa shape index (κ3) is 8.25. The highest BCUT2D eigenvalue weighted by molar-refractivity contribution is 6.32. The van der Waals surface area contributed by atoms with Crippen LogP contribution in [0.15, 0.2) is 48.5 Å². The fourth-order valence-corrected chi connectivity index (χ4v) is 9.49. The molecule has 4 fully saturated rings. The number of fused-ring (bicyclic) bond motifs is 1. The SMILES string of the molecule is C[C@@H]1CN(c2ccc(C#N)c(Cl)c2)[C@@H](C)CN1C(=O)Nc1cc(F)c(N2CCC(CN3CCN(c4ccc5c(c4)CN(C4CCC(=O)NC4=O)C5=O)CC3)CC2)cc1F. The molecule has 5 heterocycles. The van der Waals surface area contributed by atoms with Crippen molar-refractivity contribution in [3.05, 3.63) is 81.9 Å². The number of hydrogen-bond acceptors (Lipinski definition) is 9. The van der Waals surface area contributed by atoms with E-state index in [1.54, 1.807) is 21.9 Å². The summed E-state index contributed by atoms with van der Waals surface area (Å²) in [7, 11) is 0. The number of carbonyl (C=O) groups excluding carboxylic acids is 4. The van der Waals surface area contributed by atoms with Crippen LogP contribution in [0.3, 0.4) is 0 Å². The van der Waals surface area contributed by atoms with Crippen LogP contribution < -0.4 is 25.3 Å². The molecular weight excluding hydrogens is 780 g/mol. The normalized spacial score (nSPS) is 23.0. The fourth-order valence-electron chi connectivity index (χ4n) is 9.27.